The molecule has 0 saturated heterocycles. The van der Waals surface area contributed by atoms with Crippen molar-refractivity contribution >= 4 is 11.8 Å². The first kappa shape index (κ1) is 17.2. The average Bonchev–Trinajstić information content (AvgIpc) is 2.97. The van der Waals surface area contributed by atoms with Gasteiger partial charge in [-0.3, -0.25) is 14.8 Å². The molecule has 0 saturated carbocycles. The third-order valence-electron chi connectivity index (χ3n) is 4.55. The lowest BCUT2D eigenvalue weighted by molar-refractivity contribution is -0.129. The topological polar surface area (TPSA) is 69.6 Å². The van der Waals surface area contributed by atoms with Crippen LogP contribution in [0.15, 0.2) is 48.5 Å². The van der Waals surface area contributed by atoms with Gasteiger partial charge in [0, 0.05) is 25.1 Å². The highest BCUT2D eigenvalue weighted by atomic mass is 16.5. The molecular weight excluding hydrogens is 316 g/mol. The van der Waals surface area contributed by atoms with Crippen LogP contribution in [-0.4, -0.2) is 28.5 Å². The highest BCUT2D eigenvalue weighted by Gasteiger charge is 2.26. The van der Waals surface area contributed by atoms with Gasteiger partial charge in [-0.15, -0.1) is 0 Å². The Kier molecular flexibility index (Phi) is 5.46. The maximum atomic E-state index is 12.5. The molecule has 0 bridgehead atoms. The Bertz CT molecular complexity index is 759. The van der Waals surface area contributed by atoms with E-state index in [9.17, 15) is 9.59 Å². The second-order valence-electron chi connectivity index (χ2n) is 6.31. The van der Waals surface area contributed by atoms with Gasteiger partial charge < -0.3 is 4.90 Å². The minimum Gasteiger partial charge on any atom is -0.334 e. The van der Waals surface area contributed by atoms with Crippen LogP contribution in [0.5, 0.6) is 0 Å². The van der Waals surface area contributed by atoms with Gasteiger partial charge in [-0.1, -0.05) is 42.8 Å². The van der Waals surface area contributed by atoms with Crippen LogP contribution in [0.25, 0.3) is 11.1 Å². The minimum absolute atomic E-state index is 0.0858. The molecule has 25 heavy (non-hydrogen) atoms. The van der Waals surface area contributed by atoms with Crippen molar-refractivity contribution in [2.24, 2.45) is 0 Å². The molecule has 2 aromatic rings. The van der Waals surface area contributed by atoms with Gasteiger partial charge in [-0.05, 0) is 41.7 Å². The number of unbranched alkanes of at least 4 members (excludes halogenated alkanes) is 2. The molecule has 0 unspecified atom stereocenters. The zero-order valence-electron chi connectivity index (χ0n) is 14.1. The van der Waals surface area contributed by atoms with Crippen LogP contribution in [0, 0.1) is 0 Å². The van der Waals surface area contributed by atoms with E-state index in [4.69, 9.17) is 5.21 Å². The van der Waals surface area contributed by atoms with Crippen molar-refractivity contribution in [2.75, 3.05) is 6.54 Å². The number of amides is 2. The smallest absolute Gasteiger partial charge is 0.254 e. The van der Waals surface area contributed by atoms with E-state index in [1.54, 1.807) is 5.48 Å². The van der Waals surface area contributed by atoms with Gasteiger partial charge >= 0.3 is 0 Å². The number of carbonyl (C=O) groups is 2. The maximum absolute atomic E-state index is 12.5. The van der Waals surface area contributed by atoms with Crippen LogP contribution in [0.2, 0.25) is 0 Å². The van der Waals surface area contributed by atoms with Gasteiger partial charge in [0.1, 0.15) is 0 Å². The Balaban J connectivity index is 1.57. The molecule has 1 aliphatic rings. The molecule has 130 valence electrons. The number of carbonyl (C=O) groups excluding carboxylic acids is 2. The quantitative estimate of drug-likeness (QED) is 0.462. The summed E-state index contributed by atoms with van der Waals surface area (Å²) in [6.07, 6.45) is 2.72. The van der Waals surface area contributed by atoms with Gasteiger partial charge in [0.2, 0.25) is 5.91 Å². The third-order valence-corrected chi connectivity index (χ3v) is 4.55. The van der Waals surface area contributed by atoms with E-state index in [0.717, 1.165) is 35.1 Å². The Morgan fingerprint density at radius 2 is 1.84 bits per heavy atom. The van der Waals surface area contributed by atoms with Gasteiger partial charge in [0.15, 0.2) is 0 Å². The molecule has 5 heteroatoms. The minimum atomic E-state index is -0.363. The summed E-state index contributed by atoms with van der Waals surface area (Å²) in [6, 6.07) is 16.2. The van der Waals surface area contributed by atoms with Crippen LogP contribution < -0.4 is 5.48 Å². The molecule has 2 amide bonds. The molecule has 0 radical (unpaired) electrons. The molecule has 2 aromatic carbocycles. The van der Waals surface area contributed by atoms with E-state index < -0.39 is 0 Å². The summed E-state index contributed by atoms with van der Waals surface area (Å²) in [5.41, 5.74) is 5.78. The number of hydrogen-bond acceptors (Lipinski definition) is 3. The SMILES string of the molecule is O=C(CCCCCN1Cc2cc(-c3ccccc3)ccc2C1=O)NO. The standard InChI is InChI=1S/C20H22N2O3/c23-19(21-25)9-5-2-6-12-22-14-17-13-16(10-11-18(17)20(22)24)15-7-3-1-4-8-15/h1,3-4,7-8,10-11,13,25H,2,5-6,9,12,14H2,(H,21,23). The zero-order valence-corrected chi connectivity index (χ0v) is 14.1. The second-order valence-corrected chi connectivity index (χ2v) is 6.31. The Labute approximate surface area is 147 Å². The van der Waals surface area contributed by atoms with E-state index in [1.165, 1.54) is 0 Å². The fraction of sp³-hybridized carbons (Fsp3) is 0.300. The van der Waals surface area contributed by atoms with Gasteiger partial charge in [0.05, 0.1) is 0 Å². The highest BCUT2D eigenvalue weighted by Crippen LogP contribution is 2.28. The molecule has 0 aromatic heterocycles. The van der Waals surface area contributed by atoms with E-state index in [2.05, 4.69) is 18.2 Å². The normalized spacial score (nSPS) is 13.0. The molecule has 5 nitrogen and oxygen atoms in total. The number of fused-ring (bicyclic) bond motifs is 1. The number of nitrogens with one attached hydrogen (secondary N) is 1. The largest absolute Gasteiger partial charge is 0.334 e. The van der Waals surface area contributed by atoms with Crippen LogP contribution in [0.1, 0.15) is 41.6 Å². The summed E-state index contributed by atoms with van der Waals surface area (Å²) in [5.74, 6) is -0.277. The van der Waals surface area contributed by atoms with Crippen molar-refractivity contribution in [1.29, 1.82) is 0 Å². The van der Waals surface area contributed by atoms with Crippen LogP contribution >= 0.6 is 0 Å². The van der Waals surface area contributed by atoms with Crippen molar-refractivity contribution in [3.05, 3.63) is 59.7 Å². The number of nitrogens with zero attached hydrogens (tertiary/aromatic N) is 1. The fourth-order valence-corrected chi connectivity index (χ4v) is 3.19. The zero-order chi connectivity index (χ0) is 17.6. The third kappa shape index (κ3) is 4.06. The van der Waals surface area contributed by atoms with E-state index in [-0.39, 0.29) is 11.8 Å². The lowest BCUT2D eigenvalue weighted by Crippen LogP contribution is -2.25. The monoisotopic (exact) mass is 338 g/mol. The number of rotatable bonds is 7. The van der Waals surface area contributed by atoms with Crippen molar-refractivity contribution in [3.8, 4) is 11.1 Å². The van der Waals surface area contributed by atoms with Gasteiger partial charge in [-0.25, -0.2) is 5.48 Å². The van der Waals surface area contributed by atoms with Crippen molar-refractivity contribution in [1.82, 2.24) is 10.4 Å². The Morgan fingerprint density at radius 1 is 1.04 bits per heavy atom. The first-order valence-electron chi connectivity index (χ1n) is 8.59. The molecule has 1 heterocycles. The van der Waals surface area contributed by atoms with Gasteiger partial charge in [-0.2, -0.15) is 0 Å². The Morgan fingerprint density at radius 3 is 2.60 bits per heavy atom. The van der Waals surface area contributed by atoms with Crippen molar-refractivity contribution in [2.45, 2.75) is 32.2 Å². The lowest BCUT2D eigenvalue weighted by Gasteiger charge is -2.15. The maximum Gasteiger partial charge on any atom is 0.254 e. The van der Waals surface area contributed by atoms with Crippen LogP contribution in [-0.2, 0) is 11.3 Å². The van der Waals surface area contributed by atoms with Crippen LogP contribution in [0.3, 0.4) is 0 Å². The molecule has 0 spiro atoms. The molecule has 3 rings (SSSR count). The lowest BCUT2D eigenvalue weighted by atomic mass is 10.0. The summed E-state index contributed by atoms with van der Waals surface area (Å²) >= 11 is 0. The number of hydroxylamine groups is 1. The Hall–Kier alpha value is -2.66. The molecule has 2 N–H and O–H groups in total. The predicted molar refractivity (Wildman–Crippen MR) is 95.0 cm³/mol. The summed E-state index contributed by atoms with van der Waals surface area (Å²) < 4.78 is 0. The molecule has 0 fully saturated rings. The van der Waals surface area contributed by atoms with Crippen molar-refractivity contribution in [3.63, 3.8) is 0 Å². The predicted octanol–water partition coefficient (Wildman–Crippen LogP) is 3.38. The van der Waals surface area contributed by atoms with Crippen molar-refractivity contribution < 1.29 is 14.8 Å². The van der Waals surface area contributed by atoms with Crippen LogP contribution in [0.4, 0.5) is 0 Å². The molecular formula is C20H22N2O3. The number of benzene rings is 2. The van der Waals surface area contributed by atoms with E-state index >= 15 is 0 Å². The summed E-state index contributed by atoms with van der Waals surface area (Å²) in [4.78, 5) is 25.3. The second kappa shape index (κ2) is 7.94. The summed E-state index contributed by atoms with van der Waals surface area (Å²) in [7, 11) is 0. The molecule has 1 aliphatic heterocycles. The highest BCUT2D eigenvalue weighted by molar-refractivity contribution is 5.99. The van der Waals surface area contributed by atoms with Gasteiger partial charge in [0.25, 0.3) is 5.91 Å². The average molecular weight is 338 g/mol. The van der Waals surface area contributed by atoms with E-state index in [1.807, 2.05) is 35.2 Å². The first-order valence-corrected chi connectivity index (χ1v) is 8.59. The summed E-state index contributed by atoms with van der Waals surface area (Å²) in [6.45, 7) is 1.33. The molecule has 0 aliphatic carbocycles. The van der Waals surface area contributed by atoms with E-state index in [0.29, 0.717) is 25.9 Å². The summed E-state index contributed by atoms with van der Waals surface area (Å²) in [5, 5.41) is 8.45. The first-order chi connectivity index (χ1) is 12.2. The fourth-order valence-electron chi connectivity index (χ4n) is 3.19. The number of hydrogen-bond donors (Lipinski definition) is 2. The molecule has 0 atom stereocenters.